The minimum absolute atomic E-state index is 0.00153. The minimum atomic E-state index is -0.484. The number of thiol groups is 1. The van der Waals surface area contributed by atoms with Crippen LogP contribution in [-0.2, 0) is 9.59 Å². The topological polar surface area (TPSA) is 49.4 Å². The second-order valence-corrected chi connectivity index (χ2v) is 5.38. The lowest BCUT2D eigenvalue weighted by atomic mass is 9.95. The fourth-order valence-electron chi connectivity index (χ4n) is 2.18. The van der Waals surface area contributed by atoms with Gasteiger partial charge in [-0.15, -0.1) is 0 Å². The Hall–Kier alpha value is -0.710. The summed E-state index contributed by atoms with van der Waals surface area (Å²) in [6.45, 7) is 7.39. The van der Waals surface area contributed by atoms with Crippen molar-refractivity contribution in [2.45, 2.75) is 33.2 Å². The first-order valence-electron chi connectivity index (χ1n) is 6.12. The van der Waals surface area contributed by atoms with Crippen molar-refractivity contribution in [3.63, 3.8) is 0 Å². The summed E-state index contributed by atoms with van der Waals surface area (Å²) in [6, 6.07) is -0.484. The van der Waals surface area contributed by atoms with E-state index in [9.17, 15) is 9.59 Å². The van der Waals surface area contributed by atoms with Crippen molar-refractivity contribution < 1.29 is 9.59 Å². The molecule has 2 atom stereocenters. The van der Waals surface area contributed by atoms with Crippen LogP contribution in [0.3, 0.4) is 0 Å². The van der Waals surface area contributed by atoms with Crippen molar-refractivity contribution in [2.75, 3.05) is 18.8 Å². The van der Waals surface area contributed by atoms with E-state index in [1.807, 2.05) is 4.90 Å². The zero-order valence-electron chi connectivity index (χ0n) is 10.8. The van der Waals surface area contributed by atoms with Gasteiger partial charge in [-0.2, -0.15) is 12.6 Å². The van der Waals surface area contributed by atoms with E-state index >= 15 is 0 Å². The number of amides is 2. The molecule has 1 rings (SSSR count). The Kier molecular flexibility index (Phi) is 5.31. The molecular weight excluding hydrogens is 236 g/mol. The summed E-state index contributed by atoms with van der Waals surface area (Å²) in [6.07, 6.45) is 1.06. The molecule has 5 heteroatoms. The molecule has 0 aliphatic carbocycles. The SMILES string of the molecule is CC(=O)NC(CS)C(=O)N1CCC(C(C)C)C1. The number of nitrogens with zero attached hydrogens (tertiary/aromatic N) is 1. The number of likely N-dealkylation sites (tertiary alicyclic amines) is 1. The van der Waals surface area contributed by atoms with Gasteiger partial charge in [0.25, 0.3) is 0 Å². The number of nitrogens with one attached hydrogen (secondary N) is 1. The molecule has 0 bridgehead atoms. The Morgan fingerprint density at radius 1 is 1.47 bits per heavy atom. The quantitative estimate of drug-likeness (QED) is 0.737. The van der Waals surface area contributed by atoms with Gasteiger partial charge in [-0.1, -0.05) is 13.8 Å². The van der Waals surface area contributed by atoms with Crippen LogP contribution in [0.4, 0.5) is 0 Å². The van der Waals surface area contributed by atoms with Crippen LogP contribution < -0.4 is 5.32 Å². The van der Waals surface area contributed by atoms with Crippen LogP contribution in [0.15, 0.2) is 0 Å². The third-order valence-corrected chi connectivity index (χ3v) is 3.70. The first-order chi connectivity index (χ1) is 7.95. The average Bonchev–Trinajstić information content (AvgIpc) is 2.73. The van der Waals surface area contributed by atoms with Crippen molar-refractivity contribution in [1.29, 1.82) is 0 Å². The van der Waals surface area contributed by atoms with E-state index in [-0.39, 0.29) is 11.8 Å². The number of rotatable bonds is 4. The van der Waals surface area contributed by atoms with Gasteiger partial charge in [0.1, 0.15) is 6.04 Å². The zero-order chi connectivity index (χ0) is 13.0. The number of hydrogen-bond donors (Lipinski definition) is 2. The Morgan fingerprint density at radius 3 is 2.53 bits per heavy atom. The first kappa shape index (κ1) is 14.4. The maximum atomic E-state index is 12.1. The molecule has 1 fully saturated rings. The van der Waals surface area contributed by atoms with Crippen LogP contribution in [0.5, 0.6) is 0 Å². The van der Waals surface area contributed by atoms with Crippen LogP contribution in [0.2, 0.25) is 0 Å². The summed E-state index contributed by atoms with van der Waals surface area (Å²) in [5.41, 5.74) is 0. The maximum Gasteiger partial charge on any atom is 0.246 e. The van der Waals surface area contributed by atoms with Gasteiger partial charge in [0, 0.05) is 25.8 Å². The highest BCUT2D eigenvalue weighted by atomic mass is 32.1. The van der Waals surface area contributed by atoms with Gasteiger partial charge in [-0.3, -0.25) is 9.59 Å². The largest absolute Gasteiger partial charge is 0.344 e. The van der Waals surface area contributed by atoms with E-state index < -0.39 is 6.04 Å². The van der Waals surface area contributed by atoms with Crippen LogP contribution in [0.25, 0.3) is 0 Å². The minimum Gasteiger partial charge on any atom is -0.344 e. The highest BCUT2D eigenvalue weighted by Gasteiger charge is 2.31. The summed E-state index contributed by atoms with van der Waals surface area (Å²) < 4.78 is 0. The van der Waals surface area contributed by atoms with E-state index in [2.05, 4.69) is 31.8 Å². The van der Waals surface area contributed by atoms with E-state index in [1.54, 1.807) is 0 Å². The van der Waals surface area contributed by atoms with Crippen LogP contribution in [0.1, 0.15) is 27.2 Å². The summed E-state index contributed by atoms with van der Waals surface area (Å²) in [5.74, 6) is 1.34. The summed E-state index contributed by atoms with van der Waals surface area (Å²) in [7, 11) is 0. The first-order valence-corrected chi connectivity index (χ1v) is 6.75. The van der Waals surface area contributed by atoms with Crippen molar-refractivity contribution in [1.82, 2.24) is 10.2 Å². The summed E-state index contributed by atoms with van der Waals surface area (Å²) in [4.78, 5) is 25.0. The Bertz CT molecular complexity index is 294. The standard InChI is InChI=1S/C12H22N2O2S/c1-8(2)10-4-5-14(6-10)12(16)11(7-17)13-9(3)15/h8,10-11,17H,4-7H2,1-3H3,(H,13,15). The Balaban J connectivity index is 2.55. The van der Waals surface area contributed by atoms with Crippen LogP contribution in [0, 0.1) is 11.8 Å². The molecule has 1 heterocycles. The van der Waals surface area contributed by atoms with Crippen LogP contribution in [-0.4, -0.2) is 41.6 Å². The van der Waals surface area contributed by atoms with E-state index in [0.717, 1.165) is 19.5 Å². The molecule has 0 aromatic heterocycles. The molecule has 1 N–H and O–H groups in total. The predicted octanol–water partition coefficient (Wildman–Crippen LogP) is 0.925. The number of carbonyl (C=O) groups is 2. The molecule has 2 amide bonds. The maximum absolute atomic E-state index is 12.1. The predicted molar refractivity (Wildman–Crippen MR) is 71.0 cm³/mol. The van der Waals surface area contributed by atoms with Crippen molar-refractivity contribution in [2.24, 2.45) is 11.8 Å². The summed E-state index contributed by atoms with van der Waals surface area (Å²) in [5, 5.41) is 2.64. The lowest BCUT2D eigenvalue weighted by molar-refractivity contribution is -0.134. The highest BCUT2D eigenvalue weighted by Crippen LogP contribution is 2.24. The normalized spacial score (nSPS) is 21.7. The molecule has 0 radical (unpaired) electrons. The smallest absolute Gasteiger partial charge is 0.246 e. The third kappa shape index (κ3) is 3.91. The van der Waals surface area contributed by atoms with Crippen molar-refractivity contribution in [3.8, 4) is 0 Å². The van der Waals surface area contributed by atoms with E-state index in [4.69, 9.17) is 0 Å². The average molecular weight is 258 g/mol. The summed E-state index contributed by atoms with van der Waals surface area (Å²) >= 11 is 4.12. The molecule has 0 aromatic carbocycles. The molecule has 0 aromatic rings. The second-order valence-electron chi connectivity index (χ2n) is 5.01. The molecule has 2 unspecified atom stereocenters. The van der Waals surface area contributed by atoms with Gasteiger partial charge < -0.3 is 10.2 Å². The Morgan fingerprint density at radius 2 is 2.12 bits per heavy atom. The number of carbonyl (C=O) groups excluding carboxylic acids is 2. The van der Waals surface area contributed by atoms with Gasteiger partial charge in [-0.05, 0) is 18.3 Å². The second kappa shape index (κ2) is 6.28. The van der Waals surface area contributed by atoms with Gasteiger partial charge in [0.2, 0.25) is 11.8 Å². The molecule has 1 aliphatic heterocycles. The fourth-order valence-corrected chi connectivity index (χ4v) is 2.43. The highest BCUT2D eigenvalue weighted by molar-refractivity contribution is 7.80. The van der Waals surface area contributed by atoms with Gasteiger partial charge in [0.05, 0.1) is 0 Å². The zero-order valence-corrected chi connectivity index (χ0v) is 11.7. The molecule has 17 heavy (non-hydrogen) atoms. The van der Waals surface area contributed by atoms with Crippen LogP contribution >= 0.6 is 12.6 Å². The molecule has 0 spiro atoms. The molecule has 4 nitrogen and oxygen atoms in total. The molecule has 0 saturated carbocycles. The molecule has 1 saturated heterocycles. The van der Waals surface area contributed by atoms with Crippen molar-refractivity contribution in [3.05, 3.63) is 0 Å². The lowest BCUT2D eigenvalue weighted by Crippen LogP contribution is -2.48. The van der Waals surface area contributed by atoms with E-state index in [1.165, 1.54) is 6.92 Å². The molecule has 1 aliphatic rings. The van der Waals surface area contributed by atoms with Gasteiger partial charge in [0.15, 0.2) is 0 Å². The third-order valence-electron chi connectivity index (χ3n) is 3.34. The molecular formula is C12H22N2O2S. The molecule has 98 valence electrons. The van der Waals surface area contributed by atoms with Gasteiger partial charge >= 0.3 is 0 Å². The lowest BCUT2D eigenvalue weighted by Gasteiger charge is -2.23. The fraction of sp³-hybridized carbons (Fsp3) is 0.833. The monoisotopic (exact) mass is 258 g/mol. The number of hydrogen-bond acceptors (Lipinski definition) is 3. The Labute approximate surface area is 109 Å². The van der Waals surface area contributed by atoms with E-state index in [0.29, 0.717) is 17.6 Å². The van der Waals surface area contributed by atoms with Crippen molar-refractivity contribution >= 4 is 24.4 Å². The van der Waals surface area contributed by atoms with Gasteiger partial charge in [-0.25, -0.2) is 0 Å².